The van der Waals surface area contributed by atoms with Crippen molar-refractivity contribution in [2.45, 2.75) is 38.1 Å². The lowest BCUT2D eigenvalue weighted by atomic mass is 10.1. The van der Waals surface area contributed by atoms with Crippen LogP contribution in [0.3, 0.4) is 0 Å². The lowest BCUT2D eigenvalue weighted by Crippen LogP contribution is -2.51. The van der Waals surface area contributed by atoms with Gasteiger partial charge in [0.15, 0.2) is 12.4 Å². The van der Waals surface area contributed by atoms with Gasteiger partial charge in [0.25, 0.3) is 10.0 Å². The van der Waals surface area contributed by atoms with Crippen LogP contribution in [-0.4, -0.2) is 54.1 Å². The molecule has 0 radical (unpaired) electrons. The van der Waals surface area contributed by atoms with E-state index < -0.39 is 58.6 Å². The quantitative estimate of drug-likeness (QED) is 0.417. The molecule has 9 nitrogen and oxygen atoms in total. The molecule has 0 heterocycles. The van der Waals surface area contributed by atoms with Gasteiger partial charge in [-0.25, -0.2) is 12.7 Å². The maximum atomic E-state index is 13.0. The Labute approximate surface area is 215 Å². The number of nitrogens with zero attached hydrogens (tertiary/aromatic N) is 1. The first-order chi connectivity index (χ1) is 17.4. The molecule has 0 bridgehead atoms. The number of ketones is 1. The Bertz CT molecular complexity index is 1290. The van der Waals surface area contributed by atoms with Crippen molar-refractivity contribution in [1.82, 2.24) is 4.31 Å². The van der Waals surface area contributed by atoms with Gasteiger partial charge in [-0.3, -0.25) is 19.2 Å². The zero-order valence-corrected chi connectivity index (χ0v) is 21.6. The molecule has 0 saturated heterocycles. The zero-order chi connectivity index (χ0) is 27.6. The standard InChI is InChI=1S/C17H21NO8S.C10H8/c1-11(2)17(23)18(27(24,25)13-7-5-4-6-8-13)14(9-16(21)22)15(20)10-26-12(3)19;1-2-6-10-8-4-3-7-9(10)5-1/h4-8,11,14H,9-10H2,1-3H3,(H,21,22);1-8H. The van der Waals surface area contributed by atoms with Crippen molar-refractivity contribution in [3.8, 4) is 0 Å². The zero-order valence-electron chi connectivity index (χ0n) is 20.7. The van der Waals surface area contributed by atoms with E-state index in [1.165, 1.54) is 48.9 Å². The molecule has 37 heavy (non-hydrogen) atoms. The summed E-state index contributed by atoms with van der Waals surface area (Å²) in [6.07, 6.45) is -0.954. The summed E-state index contributed by atoms with van der Waals surface area (Å²) in [4.78, 5) is 46.9. The minimum absolute atomic E-state index is 0.269. The second-order valence-corrected chi connectivity index (χ2v) is 10.1. The first-order valence-electron chi connectivity index (χ1n) is 11.4. The molecule has 3 aromatic carbocycles. The number of Topliss-reactive ketones (excluding diaryl/α,β-unsaturated/α-hetero) is 1. The first-order valence-corrected chi connectivity index (χ1v) is 12.8. The number of aliphatic carboxylic acids is 1. The van der Waals surface area contributed by atoms with Crippen LogP contribution in [-0.2, 0) is 33.9 Å². The summed E-state index contributed by atoms with van der Waals surface area (Å²) < 4.78 is 30.8. The van der Waals surface area contributed by atoms with E-state index in [0.717, 1.165) is 6.92 Å². The summed E-state index contributed by atoms with van der Waals surface area (Å²) in [5.41, 5.74) is 0. The van der Waals surface area contributed by atoms with Crippen molar-refractivity contribution in [3.05, 3.63) is 78.9 Å². The number of carboxylic acid groups (broad SMARTS) is 1. The Kier molecular flexibility index (Phi) is 10.5. The number of fused-ring (bicyclic) bond motifs is 1. The van der Waals surface area contributed by atoms with Crippen LogP contribution >= 0.6 is 0 Å². The molecule has 0 aromatic heterocycles. The highest BCUT2D eigenvalue weighted by molar-refractivity contribution is 7.89. The minimum Gasteiger partial charge on any atom is -0.481 e. The van der Waals surface area contributed by atoms with E-state index >= 15 is 0 Å². The van der Waals surface area contributed by atoms with E-state index in [1.807, 2.05) is 0 Å². The Morgan fingerprint density at radius 2 is 1.30 bits per heavy atom. The van der Waals surface area contributed by atoms with E-state index in [9.17, 15) is 27.6 Å². The average Bonchev–Trinajstić information content (AvgIpc) is 2.87. The van der Waals surface area contributed by atoms with Gasteiger partial charge < -0.3 is 9.84 Å². The number of hydrogen-bond donors (Lipinski definition) is 1. The maximum Gasteiger partial charge on any atom is 0.305 e. The fourth-order valence-electron chi connectivity index (χ4n) is 3.29. The highest BCUT2D eigenvalue weighted by Crippen LogP contribution is 2.23. The summed E-state index contributed by atoms with van der Waals surface area (Å²) in [6, 6.07) is 21.7. The Balaban J connectivity index is 0.000000394. The molecule has 1 unspecified atom stereocenters. The van der Waals surface area contributed by atoms with Gasteiger partial charge in [-0.2, -0.15) is 0 Å². The molecule has 0 fully saturated rings. The van der Waals surface area contributed by atoms with Crippen LogP contribution in [0.15, 0.2) is 83.8 Å². The largest absolute Gasteiger partial charge is 0.481 e. The molecule has 10 heteroatoms. The molecule has 1 N–H and O–H groups in total. The minimum atomic E-state index is -4.51. The fourth-order valence-corrected chi connectivity index (χ4v) is 5.00. The van der Waals surface area contributed by atoms with Crippen LogP contribution in [0.2, 0.25) is 0 Å². The van der Waals surface area contributed by atoms with Gasteiger partial charge in [0, 0.05) is 12.8 Å². The monoisotopic (exact) mass is 527 g/mol. The summed E-state index contributed by atoms with van der Waals surface area (Å²) in [7, 11) is -4.51. The van der Waals surface area contributed by atoms with E-state index in [0.29, 0.717) is 0 Å². The van der Waals surface area contributed by atoms with Gasteiger partial charge >= 0.3 is 11.9 Å². The van der Waals surface area contributed by atoms with Crippen LogP contribution in [0.25, 0.3) is 10.8 Å². The molecule has 0 aliphatic rings. The average molecular weight is 528 g/mol. The number of carbonyl (C=O) groups excluding carboxylic acids is 3. The van der Waals surface area contributed by atoms with E-state index in [2.05, 4.69) is 53.3 Å². The Hall–Kier alpha value is -4.05. The summed E-state index contributed by atoms with van der Waals surface area (Å²) in [5.74, 6) is -5.07. The van der Waals surface area contributed by atoms with Crippen LogP contribution in [0, 0.1) is 5.92 Å². The normalized spacial score (nSPS) is 11.7. The Morgan fingerprint density at radius 1 is 0.838 bits per heavy atom. The van der Waals surface area contributed by atoms with Crippen LogP contribution in [0.4, 0.5) is 0 Å². The predicted molar refractivity (Wildman–Crippen MR) is 137 cm³/mol. The van der Waals surface area contributed by atoms with Gasteiger partial charge in [-0.1, -0.05) is 80.6 Å². The fraction of sp³-hybridized carbons (Fsp3) is 0.259. The summed E-state index contributed by atoms with van der Waals surface area (Å²) in [6.45, 7) is 3.03. The number of amides is 1. The number of hydrogen-bond acceptors (Lipinski definition) is 7. The van der Waals surface area contributed by atoms with Crippen molar-refractivity contribution >= 4 is 44.4 Å². The van der Waals surface area contributed by atoms with Crippen molar-refractivity contribution < 1.29 is 37.4 Å². The van der Waals surface area contributed by atoms with E-state index in [1.54, 1.807) is 6.07 Å². The highest BCUT2D eigenvalue weighted by Gasteiger charge is 2.41. The van der Waals surface area contributed by atoms with Crippen LogP contribution < -0.4 is 0 Å². The van der Waals surface area contributed by atoms with Gasteiger partial charge in [0.2, 0.25) is 5.91 Å². The third-order valence-corrected chi connectivity index (χ3v) is 6.93. The highest BCUT2D eigenvalue weighted by atomic mass is 32.2. The Morgan fingerprint density at radius 3 is 1.70 bits per heavy atom. The number of ether oxygens (including phenoxy) is 1. The smallest absolute Gasteiger partial charge is 0.305 e. The van der Waals surface area contributed by atoms with Crippen LogP contribution in [0.5, 0.6) is 0 Å². The second kappa shape index (κ2) is 13.3. The van der Waals surface area contributed by atoms with Crippen molar-refractivity contribution in [1.29, 1.82) is 0 Å². The summed E-state index contributed by atoms with van der Waals surface area (Å²) in [5, 5.41) is 11.7. The molecule has 0 aliphatic carbocycles. The first kappa shape index (κ1) is 29.2. The molecule has 1 atom stereocenters. The topological polar surface area (TPSA) is 135 Å². The summed E-state index contributed by atoms with van der Waals surface area (Å²) >= 11 is 0. The van der Waals surface area contributed by atoms with Crippen molar-refractivity contribution in [2.24, 2.45) is 5.92 Å². The van der Waals surface area contributed by atoms with Crippen LogP contribution in [0.1, 0.15) is 27.2 Å². The number of carbonyl (C=O) groups is 4. The molecular weight excluding hydrogens is 498 g/mol. The number of sulfonamides is 1. The molecule has 196 valence electrons. The SMILES string of the molecule is CC(=O)OCC(=O)C(CC(=O)O)N(C(=O)C(C)C)S(=O)(=O)c1ccccc1.c1ccc2ccccc2c1. The van der Waals surface area contributed by atoms with E-state index in [4.69, 9.17) is 5.11 Å². The third-order valence-electron chi connectivity index (χ3n) is 5.11. The molecule has 0 aliphatic heterocycles. The third kappa shape index (κ3) is 8.25. The second-order valence-electron chi connectivity index (χ2n) is 8.31. The number of carboxylic acids is 1. The maximum absolute atomic E-state index is 13.0. The van der Waals surface area contributed by atoms with Gasteiger partial charge in [-0.05, 0) is 22.9 Å². The molecule has 3 rings (SSSR count). The molecule has 1 amide bonds. The molecule has 0 spiro atoms. The van der Waals surface area contributed by atoms with Gasteiger partial charge in [-0.15, -0.1) is 0 Å². The van der Waals surface area contributed by atoms with E-state index in [-0.39, 0.29) is 9.20 Å². The molecule has 0 saturated carbocycles. The van der Waals surface area contributed by atoms with Gasteiger partial charge in [0.05, 0.1) is 11.3 Å². The molecule has 3 aromatic rings. The number of esters is 1. The number of benzene rings is 3. The van der Waals surface area contributed by atoms with Crippen molar-refractivity contribution in [2.75, 3.05) is 6.61 Å². The number of rotatable bonds is 9. The van der Waals surface area contributed by atoms with Gasteiger partial charge in [0.1, 0.15) is 6.04 Å². The lowest BCUT2D eigenvalue weighted by molar-refractivity contribution is -0.149. The predicted octanol–water partition coefficient (Wildman–Crippen LogP) is 3.68. The van der Waals surface area contributed by atoms with Crippen molar-refractivity contribution in [3.63, 3.8) is 0 Å². The molecular formula is C27H29NO8S. The lowest BCUT2D eigenvalue weighted by Gasteiger charge is -2.30.